The predicted octanol–water partition coefficient (Wildman–Crippen LogP) is 0.632. The van der Waals surface area contributed by atoms with Crippen molar-refractivity contribution < 1.29 is 19.8 Å². The van der Waals surface area contributed by atoms with E-state index >= 15 is 0 Å². The lowest BCUT2D eigenvalue weighted by atomic mass is 10.0. The Balaban J connectivity index is 1.97. The second-order valence-electron chi connectivity index (χ2n) is 5.11. The summed E-state index contributed by atoms with van der Waals surface area (Å²) >= 11 is 0. The van der Waals surface area contributed by atoms with Gasteiger partial charge in [-0.05, 0) is 24.0 Å². The van der Waals surface area contributed by atoms with E-state index in [-0.39, 0.29) is 19.1 Å². The van der Waals surface area contributed by atoms with Crippen molar-refractivity contribution in [3.05, 3.63) is 35.4 Å². The highest BCUT2D eigenvalue weighted by Gasteiger charge is 2.24. The zero-order valence-electron chi connectivity index (χ0n) is 11.8. The first-order valence-electron chi connectivity index (χ1n) is 7.07. The van der Waals surface area contributed by atoms with Gasteiger partial charge in [-0.25, -0.2) is 9.59 Å². The summed E-state index contributed by atoms with van der Waals surface area (Å²) in [5.41, 5.74) is 2.47. The lowest BCUT2D eigenvalue weighted by molar-refractivity contribution is -0.139. The van der Waals surface area contributed by atoms with Gasteiger partial charge in [-0.2, -0.15) is 0 Å². The number of nitrogens with zero attached hydrogens (tertiary/aromatic N) is 1. The summed E-state index contributed by atoms with van der Waals surface area (Å²) in [6.07, 6.45) is 1.54. The smallest absolute Gasteiger partial charge is 0.326 e. The Bertz CT molecular complexity index is 491. The Morgan fingerprint density at radius 3 is 2.24 bits per heavy atom. The van der Waals surface area contributed by atoms with Gasteiger partial charge in [0.2, 0.25) is 0 Å². The Morgan fingerprint density at radius 1 is 1.19 bits per heavy atom. The summed E-state index contributed by atoms with van der Waals surface area (Å²) < 4.78 is 0. The topological polar surface area (TPSA) is 89.9 Å². The van der Waals surface area contributed by atoms with Crippen LogP contribution in [0.25, 0.3) is 0 Å². The van der Waals surface area contributed by atoms with Crippen molar-refractivity contribution in [3.8, 4) is 0 Å². The van der Waals surface area contributed by atoms with Crippen molar-refractivity contribution in [2.24, 2.45) is 0 Å². The molecule has 114 valence electrons. The molecule has 1 aliphatic heterocycles. The lowest BCUT2D eigenvalue weighted by Gasteiger charge is -2.23. The number of carboxylic acids is 1. The van der Waals surface area contributed by atoms with Crippen LogP contribution in [0.4, 0.5) is 4.79 Å². The van der Waals surface area contributed by atoms with Crippen LogP contribution in [0.5, 0.6) is 0 Å². The van der Waals surface area contributed by atoms with Crippen molar-refractivity contribution in [1.82, 2.24) is 10.2 Å². The quantitative estimate of drug-likeness (QED) is 0.759. The first kappa shape index (κ1) is 15.3. The largest absolute Gasteiger partial charge is 0.480 e. The predicted molar refractivity (Wildman–Crippen MR) is 77.1 cm³/mol. The van der Waals surface area contributed by atoms with Gasteiger partial charge in [0.05, 0.1) is 0 Å². The van der Waals surface area contributed by atoms with Crippen LogP contribution in [-0.2, 0) is 17.6 Å². The van der Waals surface area contributed by atoms with E-state index in [1.165, 1.54) is 11.1 Å². The number of fused-ring (bicyclic) bond motifs is 1. The molecule has 21 heavy (non-hydrogen) atoms. The van der Waals surface area contributed by atoms with E-state index in [0.717, 1.165) is 12.8 Å². The van der Waals surface area contributed by atoms with E-state index in [1.54, 1.807) is 4.90 Å². The second kappa shape index (κ2) is 7.08. The third-order valence-electron chi connectivity index (χ3n) is 3.72. The molecule has 1 heterocycles. The van der Waals surface area contributed by atoms with Gasteiger partial charge in [0.15, 0.2) is 0 Å². The molecule has 0 aliphatic carbocycles. The number of carboxylic acid groups (broad SMARTS) is 1. The number of carbonyl (C=O) groups is 2. The van der Waals surface area contributed by atoms with Crippen molar-refractivity contribution in [3.63, 3.8) is 0 Å². The van der Waals surface area contributed by atoms with Gasteiger partial charge in [0.25, 0.3) is 0 Å². The number of aliphatic carboxylic acids is 1. The number of aliphatic hydroxyl groups excluding tert-OH is 1. The minimum Gasteiger partial charge on any atom is -0.480 e. The molecule has 1 unspecified atom stereocenters. The Kier molecular flexibility index (Phi) is 5.16. The number of urea groups is 1. The van der Waals surface area contributed by atoms with E-state index in [0.29, 0.717) is 13.1 Å². The van der Waals surface area contributed by atoms with Crippen LogP contribution in [0.15, 0.2) is 24.3 Å². The SMILES string of the molecule is O=C(O)C(CCO)NC(=O)N1CCc2ccccc2CC1. The lowest BCUT2D eigenvalue weighted by Crippen LogP contribution is -2.49. The van der Waals surface area contributed by atoms with Crippen LogP contribution in [0, 0.1) is 0 Å². The number of nitrogens with one attached hydrogen (secondary N) is 1. The fourth-order valence-electron chi connectivity index (χ4n) is 2.50. The summed E-state index contributed by atoms with van der Waals surface area (Å²) in [6, 6.07) is 6.65. The van der Waals surface area contributed by atoms with Gasteiger partial charge in [-0.3, -0.25) is 0 Å². The zero-order chi connectivity index (χ0) is 15.2. The van der Waals surface area contributed by atoms with E-state index < -0.39 is 12.0 Å². The van der Waals surface area contributed by atoms with Crippen molar-refractivity contribution in [1.29, 1.82) is 0 Å². The van der Waals surface area contributed by atoms with Crippen LogP contribution in [0.2, 0.25) is 0 Å². The maximum absolute atomic E-state index is 12.2. The summed E-state index contributed by atoms with van der Waals surface area (Å²) in [7, 11) is 0. The van der Waals surface area contributed by atoms with Crippen LogP contribution in [-0.4, -0.2) is 52.9 Å². The molecule has 1 aliphatic rings. The highest BCUT2D eigenvalue weighted by atomic mass is 16.4. The molecule has 0 saturated heterocycles. The molecular formula is C15H20N2O4. The molecule has 3 N–H and O–H groups in total. The normalized spacial score (nSPS) is 15.8. The number of carbonyl (C=O) groups excluding carboxylic acids is 1. The average Bonchev–Trinajstić information content (AvgIpc) is 2.69. The number of rotatable bonds is 4. The molecule has 0 fully saturated rings. The van der Waals surface area contributed by atoms with Crippen molar-refractivity contribution in [2.75, 3.05) is 19.7 Å². The molecule has 2 amide bonds. The summed E-state index contributed by atoms with van der Waals surface area (Å²) in [6.45, 7) is 0.852. The standard InChI is InChI=1S/C15H20N2O4/c18-10-7-13(14(19)20)16-15(21)17-8-5-11-3-1-2-4-12(11)6-9-17/h1-4,13,18H,5-10H2,(H,16,21)(H,19,20). The maximum atomic E-state index is 12.2. The van der Waals surface area contributed by atoms with E-state index in [4.69, 9.17) is 10.2 Å². The summed E-state index contributed by atoms with van der Waals surface area (Å²) in [5.74, 6) is -1.13. The highest BCUT2D eigenvalue weighted by Crippen LogP contribution is 2.15. The van der Waals surface area contributed by atoms with Gasteiger partial charge in [-0.1, -0.05) is 24.3 Å². The number of benzene rings is 1. The van der Waals surface area contributed by atoms with Crippen LogP contribution in [0.3, 0.4) is 0 Å². The molecule has 6 heteroatoms. The first-order chi connectivity index (χ1) is 10.1. The second-order valence-corrected chi connectivity index (χ2v) is 5.11. The Labute approximate surface area is 123 Å². The maximum Gasteiger partial charge on any atom is 0.326 e. The molecule has 1 aromatic carbocycles. The minimum atomic E-state index is -1.13. The van der Waals surface area contributed by atoms with Gasteiger partial charge in [0, 0.05) is 26.1 Å². The Hall–Kier alpha value is -2.08. The van der Waals surface area contributed by atoms with Crippen LogP contribution < -0.4 is 5.32 Å². The molecule has 0 saturated carbocycles. The fourth-order valence-corrected chi connectivity index (χ4v) is 2.50. The monoisotopic (exact) mass is 292 g/mol. The van der Waals surface area contributed by atoms with Crippen LogP contribution in [0.1, 0.15) is 17.5 Å². The molecule has 1 aromatic rings. The molecule has 0 aromatic heterocycles. The van der Waals surface area contributed by atoms with Crippen LogP contribution >= 0.6 is 0 Å². The highest BCUT2D eigenvalue weighted by molar-refractivity contribution is 5.82. The summed E-state index contributed by atoms with van der Waals surface area (Å²) in [5, 5.41) is 20.3. The van der Waals surface area contributed by atoms with Gasteiger partial charge >= 0.3 is 12.0 Å². The number of hydrogen-bond donors (Lipinski definition) is 3. The first-order valence-corrected chi connectivity index (χ1v) is 7.07. The van der Waals surface area contributed by atoms with E-state index in [9.17, 15) is 9.59 Å². The molecule has 0 radical (unpaired) electrons. The molecule has 0 bridgehead atoms. The third-order valence-corrected chi connectivity index (χ3v) is 3.72. The Morgan fingerprint density at radius 2 is 1.76 bits per heavy atom. The molecule has 2 rings (SSSR count). The zero-order valence-corrected chi connectivity index (χ0v) is 11.8. The van der Waals surface area contributed by atoms with Gasteiger partial charge in [0.1, 0.15) is 6.04 Å². The molecular weight excluding hydrogens is 272 g/mol. The molecule has 0 spiro atoms. The van der Waals surface area contributed by atoms with E-state index in [1.807, 2.05) is 12.1 Å². The summed E-state index contributed by atoms with van der Waals surface area (Å²) in [4.78, 5) is 24.8. The number of amides is 2. The van der Waals surface area contributed by atoms with Crippen molar-refractivity contribution in [2.45, 2.75) is 25.3 Å². The fraction of sp³-hybridized carbons (Fsp3) is 0.467. The minimum absolute atomic E-state index is 0.00907. The number of aliphatic hydroxyl groups is 1. The third kappa shape index (κ3) is 3.95. The van der Waals surface area contributed by atoms with E-state index in [2.05, 4.69) is 17.4 Å². The van der Waals surface area contributed by atoms with Crippen molar-refractivity contribution >= 4 is 12.0 Å². The van der Waals surface area contributed by atoms with Gasteiger partial charge in [-0.15, -0.1) is 0 Å². The number of hydrogen-bond acceptors (Lipinski definition) is 3. The molecule has 6 nitrogen and oxygen atoms in total. The average molecular weight is 292 g/mol. The van der Waals surface area contributed by atoms with Gasteiger partial charge < -0.3 is 20.4 Å². The molecule has 1 atom stereocenters.